The van der Waals surface area contributed by atoms with Gasteiger partial charge in [0.25, 0.3) is 0 Å². The number of aromatic nitrogens is 2. The van der Waals surface area contributed by atoms with Crippen molar-refractivity contribution in [1.82, 2.24) is 9.97 Å². The molecule has 0 spiro atoms. The summed E-state index contributed by atoms with van der Waals surface area (Å²) in [7, 11) is 0. The van der Waals surface area contributed by atoms with E-state index in [2.05, 4.69) is 41.8 Å². The summed E-state index contributed by atoms with van der Waals surface area (Å²) in [5.74, 6) is 0. The van der Waals surface area contributed by atoms with Gasteiger partial charge in [0.2, 0.25) is 6.29 Å². The summed E-state index contributed by atoms with van der Waals surface area (Å²) in [5.41, 5.74) is 1.19. The van der Waals surface area contributed by atoms with Gasteiger partial charge in [-0.15, -0.1) is 0 Å². The predicted molar refractivity (Wildman–Crippen MR) is 59.7 cm³/mol. The number of halogens is 2. The Kier molecular flexibility index (Phi) is 2.60. The van der Waals surface area contributed by atoms with Gasteiger partial charge in [-0.2, -0.15) is 0 Å². The van der Waals surface area contributed by atoms with Crippen LogP contribution in [-0.4, -0.2) is 16.3 Å². The Balaban J connectivity index is 2.81. The van der Waals surface area contributed by atoms with Gasteiger partial charge < -0.3 is 0 Å². The second-order valence-corrected chi connectivity index (χ2v) is 4.08. The minimum Gasteiger partial charge on any atom is -0.285 e. The van der Waals surface area contributed by atoms with Crippen LogP contribution in [-0.2, 0) is 4.79 Å². The quantitative estimate of drug-likeness (QED) is 0.600. The van der Waals surface area contributed by atoms with Crippen molar-refractivity contribution in [2.24, 2.45) is 0 Å². The van der Waals surface area contributed by atoms with Crippen molar-refractivity contribution in [3.8, 4) is 0 Å². The van der Waals surface area contributed by atoms with Gasteiger partial charge in [-0.1, -0.05) is 6.07 Å². The van der Waals surface area contributed by atoms with Crippen molar-refractivity contribution >= 4 is 49.0 Å². The highest BCUT2D eigenvalue weighted by Gasteiger charge is 2.04. The van der Waals surface area contributed by atoms with E-state index in [9.17, 15) is 4.79 Å². The van der Waals surface area contributed by atoms with Gasteiger partial charge in [-0.25, -0.2) is 9.97 Å². The van der Waals surface area contributed by atoms with Gasteiger partial charge in [0.15, 0.2) is 4.73 Å². The first-order valence-corrected chi connectivity index (χ1v) is 5.30. The second kappa shape index (κ2) is 3.74. The lowest BCUT2D eigenvalue weighted by Crippen LogP contribution is -1.89. The maximum atomic E-state index is 10.4. The number of benzene rings is 1. The van der Waals surface area contributed by atoms with Crippen LogP contribution < -0.4 is 0 Å². The van der Waals surface area contributed by atoms with Crippen molar-refractivity contribution in [2.75, 3.05) is 0 Å². The maximum Gasteiger partial charge on any atom is 0.233 e. The Morgan fingerprint density at radius 3 is 2.71 bits per heavy atom. The molecule has 1 radical (unpaired) electrons. The van der Waals surface area contributed by atoms with Crippen LogP contribution in [0.2, 0.25) is 0 Å². The zero-order valence-corrected chi connectivity index (χ0v) is 9.96. The van der Waals surface area contributed by atoms with E-state index >= 15 is 0 Å². The van der Waals surface area contributed by atoms with Crippen molar-refractivity contribution < 1.29 is 4.79 Å². The summed E-state index contributed by atoms with van der Waals surface area (Å²) >= 11 is 6.49. The fourth-order valence-corrected chi connectivity index (χ4v) is 2.24. The molecule has 5 heteroatoms. The Labute approximate surface area is 96.8 Å². The van der Waals surface area contributed by atoms with E-state index < -0.39 is 0 Å². The van der Waals surface area contributed by atoms with E-state index in [1.165, 1.54) is 0 Å². The monoisotopic (exact) mass is 313 g/mol. The van der Waals surface area contributed by atoms with E-state index in [1.54, 1.807) is 18.2 Å². The number of nitrogens with zero attached hydrogens (tertiary/aromatic N) is 2. The molecular formula is C9H3Br2N2O. The molecule has 0 aliphatic heterocycles. The molecule has 3 nitrogen and oxygen atoms in total. The average Bonchev–Trinajstić information content (AvgIpc) is 2.16. The van der Waals surface area contributed by atoms with Crippen LogP contribution in [0, 0.1) is 0 Å². The molecule has 0 unspecified atom stereocenters. The van der Waals surface area contributed by atoms with E-state index in [-0.39, 0.29) is 0 Å². The summed E-state index contributed by atoms with van der Waals surface area (Å²) in [4.78, 5) is 18.7. The Bertz CT molecular complexity index is 513. The molecular weight excluding hydrogens is 312 g/mol. The third-order valence-corrected chi connectivity index (χ3v) is 2.70. The van der Waals surface area contributed by atoms with Crippen LogP contribution in [0.15, 0.2) is 27.5 Å². The topological polar surface area (TPSA) is 42.9 Å². The van der Waals surface area contributed by atoms with Crippen LogP contribution >= 0.6 is 31.9 Å². The molecule has 2 aromatic rings. The first-order chi connectivity index (χ1) is 6.70. The molecule has 0 amide bonds. The molecule has 0 atom stereocenters. The Morgan fingerprint density at radius 2 is 2.00 bits per heavy atom. The minimum absolute atomic E-state index is 0.481. The van der Waals surface area contributed by atoms with Gasteiger partial charge in [-0.3, -0.25) is 4.79 Å². The molecule has 0 fully saturated rings. The highest BCUT2D eigenvalue weighted by atomic mass is 79.9. The fourth-order valence-electron chi connectivity index (χ4n) is 1.13. The van der Waals surface area contributed by atoms with Crippen LogP contribution in [0.4, 0.5) is 0 Å². The van der Waals surface area contributed by atoms with Gasteiger partial charge in [0.1, 0.15) is 4.60 Å². The third-order valence-electron chi connectivity index (χ3n) is 1.74. The molecule has 0 aliphatic rings. The van der Waals surface area contributed by atoms with E-state index in [1.807, 2.05) is 6.29 Å². The number of hydrogen-bond acceptors (Lipinski definition) is 3. The molecule has 1 heterocycles. The summed E-state index contributed by atoms with van der Waals surface area (Å²) < 4.78 is 1.19. The first-order valence-electron chi connectivity index (χ1n) is 3.71. The summed E-state index contributed by atoms with van der Waals surface area (Å²) in [5, 5.41) is 0.868. The molecule has 1 aromatic heterocycles. The normalized spacial score (nSPS) is 10.4. The first kappa shape index (κ1) is 9.73. The maximum absolute atomic E-state index is 10.4. The summed E-state index contributed by atoms with van der Waals surface area (Å²) in [6.45, 7) is 0. The smallest absolute Gasteiger partial charge is 0.233 e. The van der Waals surface area contributed by atoms with Crippen LogP contribution in [0.5, 0.6) is 0 Å². The van der Waals surface area contributed by atoms with Crippen LogP contribution in [0.1, 0.15) is 5.56 Å². The average molecular weight is 315 g/mol. The van der Waals surface area contributed by atoms with Crippen molar-refractivity contribution in [3.63, 3.8) is 0 Å². The van der Waals surface area contributed by atoms with Gasteiger partial charge in [-0.05, 0) is 44.0 Å². The number of hydrogen-bond donors (Lipinski definition) is 0. The fraction of sp³-hybridized carbons (Fsp3) is 0. The van der Waals surface area contributed by atoms with E-state index in [0.717, 1.165) is 5.39 Å². The number of fused-ring (bicyclic) bond motifs is 1. The SMILES string of the molecule is O=[C]c1ccc2c(Br)nc(Br)nc2c1. The summed E-state index contributed by atoms with van der Waals surface area (Å²) in [6.07, 6.45) is 1.82. The lowest BCUT2D eigenvalue weighted by Gasteiger charge is -2.00. The van der Waals surface area contributed by atoms with Gasteiger partial charge >= 0.3 is 0 Å². The second-order valence-electron chi connectivity index (χ2n) is 2.62. The van der Waals surface area contributed by atoms with Crippen molar-refractivity contribution in [1.29, 1.82) is 0 Å². The van der Waals surface area contributed by atoms with Crippen LogP contribution in [0.25, 0.3) is 10.9 Å². The molecule has 69 valence electrons. The molecule has 0 N–H and O–H groups in total. The molecule has 0 bridgehead atoms. The molecule has 0 saturated heterocycles. The minimum atomic E-state index is 0.481. The highest BCUT2D eigenvalue weighted by Crippen LogP contribution is 2.22. The number of carbonyl (C=O) groups excluding carboxylic acids is 1. The van der Waals surface area contributed by atoms with Gasteiger partial charge in [0, 0.05) is 10.9 Å². The van der Waals surface area contributed by atoms with E-state index in [4.69, 9.17) is 0 Å². The predicted octanol–water partition coefficient (Wildman–Crippen LogP) is 2.61. The molecule has 0 aliphatic carbocycles. The highest BCUT2D eigenvalue weighted by molar-refractivity contribution is 9.11. The molecule has 14 heavy (non-hydrogen) atoms. The lowest BCUT2D eigenvalue weighted by atomic mass is 10.2. The zero-order valence-electron chi connectivity index (χ0n) is 6.79. The van der Waals surface area contributed by atoms with Gasteiger partial charge in [0.05, 0.1) is 5.52 Å². The third kappa shape index (κ3) is 1.69. The standard InChI is InChI=1S/C9H3Br2N2O/c10-8-6-2-1-5(4-14)3-7(6)12-9(11)13-8/h1-3H. The molecule has 1 aromatic carbocycles. The zero-order chi connectivity index (χ0) is 10.1. The summed E-state index contributed by atoms with van der Waals surface area (Å²) in [6, 6.07) is 5.13. The number of rotatable bonds is 1. The molecule has 2 rings (SSSR count). The lowest BCUT2D eigenvalue weighted by molar-refractivity contribution is 0.563. The Morgan fingerprint density at radius 1 is 1.21 bits per heavy atom. The molecule has 0 saturated carbocycles. The van der Waals surface area contributed by atoms with Crippen LogP contribution in [0.3, 0.4) is 0 Å². The Hall–Kier alpha value is -0.810. The largest absolute Gasteiger partial charge is 0.285 e. The van der Waals surface area contributed by atoms with Crippen molar-refractivity contribution in [2.45, 2.75) is 0 Å². The van der Waals surface area contributed by atoms with E-state index in [0.29, 0.717) is 20.4 Å². The van der Waals surface area contributed by atoms with Crippen molar-refractivity contribution in [3.05, 3.63) is 33.1 Å².